The van der Waals surface area contributed by atoms with Crippen LogP contribution in [-0.4, -0.2) is 75.9 Å². The second kappa shape index (κ2) is 9.95. The number of aromatic nitrogens is 7. The maximum Gasteiger partial charge on any atom is 0.245 e. The molecule has 0 aromatic carbocycles. The van der Waals surface area contributed by atoms with E-state index in [1.54, 1.807) is 0 Å². The van der Waals surface area contributed by atoms with Crippen LogP contribution in [0, 0.1) is 0 Å². The Morgan fingerprint density at radius 1 is 1.11 bits per heavy atom. The highest BCUT2D eigenvalue weighted by molar-refractivity contribution is 7.91. The topological polar surface area (TPSA) is 144 Å². The van der Waals surface area contributed by atoms with Gasteiger partial charge in [-0.25, -0.2) is 22.8 Å². The van der Waals surface area contributed by atoms with E-state index in [1.165, 1.54) is 51.5 Å². The summed E-state index contributed by atoms with van der Waals surface area (Å²) < 4.78 is 58.5. The molecule has 3 aromatic rings. The van der Waals surface area contributed by atoms with Crippen LogP contribution in [0.15, 0.2) is 18.7 Å². The Balaban J connectivity index is 1.76. The summed E-state index contributed by atoms with van der Waals surface area (Å²) >= 11 is 5.85. The fourth-order valence-corrected chi connectivity index (χ4v) is 5.17. The number of hydrogen-bond acceptors (Lipinski definition) is 11. The largest absolute Gasteiger partial charge is 0.479 e. The number of ether oxygens (including phenoxy) is 3. The zero-order chi connectivity index (χ0) is 25.3. The molecular formula is C20H23ClFN7O5S. The third-order valence-corrected chi connectivity index (χ3v) is 7.87. The lowest BCUT2D eigenvalue weighted by Crippen LogP contribution is -2.30. The Bertz CT molecular complexity index is 1290. The summed E-state index contributed by atoms with van der Waals surface area (Å²) in [6, 6.07) is 0. The fourth-order valence-electron chi connectivity index (χ4n) is 3.65. The molecule has 1 saturated carbocycles. The van der Waals surface area contributed by atoms with Crippen molar-refractivity contribution in [1.29, 1.82) is 0 Å². The molecule has 0 amide bonds. The van der Waals surface area contributed by atoms with Gasteiger partial charge in [0.05, 0.1) is 30.4 Å². The van der Waals surface area contributed by atoms with Gasteiger partial charge in [0.25, 0.3) is 0 Å². The molecule has 188 valence electrons. The number of alkyl halides is 1. The van der Waals surface area contributed by atoms with Gasteiger partial charge < -0.3 is 14.2 Å². The summed E-state index contributed by atoms with van der Waals surface area (Å²) in [7, 11) is 0.200. The zero-order valence-electron chi connectivity index (χ0n) is 19.3. The Morgan fingerprint density at radius 2 is 1.71 bits per heavy atom. The first kappa shape index (κ1) is 25.1. The Labute approximate surface area is 205 Å². The first-order valence-corrected chi connectivity index (χ1v) is 12.5. The van der Waals surface area contributed by atoms with Gasteiger partial charge >= 0.3 is 0 Å². The maximum absolute atomic E-state index is 14.0. The van der Waals surface area contributed by atoms with Gasteiger partial charge in [0, 0.05) is 19.5 Å². The molecule has 4 rings (SSSR count). The molecule has 1 fully saturated rings. The molecule has 0 radical (unpaired) electrons. The molecule has 1 aliphatic rings. The molecule has 15 heteroatoms. The Kier molecular flexibility index (Phi) is 7.15. The molecule has 1 aliphatic carbocycles. The molecule has 3 aromatic heterocycles. The van der Waals surface area contributed by atoms with E-state index in [-0.39, 0.29) is 41.3 Å². The second-order valence-electron chi connectivity index (χ2n) is 7.84. The minimum absolute atomic E-state index is 0.0178. The van der Waals surface area contributed by atoms with E-state index in [0.717, 1.165) is 0 Å². The summed E-state index contributed by atoms with van der Waals surface area (Å²) in [6.45, 7) is 1.48. The minimum atomic E-state index is -3.94. The van der Waals surface area contributed by atoms with E-state index < -0.39 is 39.0 Å². The van der Waals surface area contributed by atoms with Gasteiger partial charge in [-0.05, 0) is 13.3 Å². The zero-order valence-corrected chi connectivity index (χ0v) is 20.9. The van der Waals surface area contributed by atoms with Crippen LogP contribution < -0.4 is 9.47 Å². The van der Waals surface area contributed by atoms with Crippen molar-refractivity contribution in [1.82, 2.24) is 34.7 Å². The van der Waals surface area contributed by atoms with E-state index in [1.807, 2.05) is 0 Å². The number of hydrogen-bond donors (Lipinski definition) is 0. The molecule has 0 aliphatic heterocycles. The van der Waals surface area contributed by atoms with Crippen LogP contribution >= 0.6 is 11.6 Å². The smallest absolute Gasteiger partial charge is 0.245 e. The molecule has 4 atom stereocenters. The van der Waals surface area contributed by atoms with Gasteiger partial charge in [-0.3, -0.25) is 4.57 Å². The molecule has 0 unspecified atom stereocenters. The number of sulfone groups is 1. The molecule has 0 N–H and O–H groups in total. The minimum Gasteiger partial charge on any atom is -0.479 e. The number of rotatable bonds is 10. The predicted octanol–water partition coefficient (Wildman–Crippen LogP) is 2.03. The quantitative estimate of drug-likeness (QED) is 0.382. The van der Waals surface area contributed by atoms with Crippen molar-refractivity contribution in [3.63, 3.8) is 0 Å². The predicted molar refractivity (Wildman–Crippen MR) is 121 cm³/mol. The van der Waals surface area contributed by atoms with Crippen LogP contribution in [-0.2, 0) is 20.3 Å². The highest BCUT2D eigenvalue weighted by atomic mass is 35.5. The van der Waals surface area contributed by atoms with Crippen molar-refractivity contribution < 1.29 is 27.0 Å². The molecule has 0 saturated heterocycles. The van der Waals surface area contributed by atoms with E-state index in [2.05, 4.69) is 30.1 Å². The lowest BCUT2D eigenvalue weighted by atomic mass is 10.2. The van der Waals surface area contributed by atoms with Crippen molar-refractivity contribution in [2.24, 2.45) is 0 Å². The molecule has 0 bridgehead atoms. The third-order valence-electron chi connectivity index (χ3n) is 5.64. The van der Waals surface area contributed by atoms with Crippen LogP contribution in [0.5, 0.6) is 11.8 Å². The van der Waals surface area contributed by atoms with Crippen molar-refractivity contribution in [2.75, 3.05) is 21.3 Å². The van der Waals surface area contributed by atoms with E-state index >= 15 is 0 Å². The molecule has 3 heterocycles. The highest BCUT2D eigenvalue weighted by Crippen LogP contribution is 2.45. The van der Waals surface area contributed by atoms with Crippen molar-refractivity contribution >= 4 is 21.4 Å². The number of nitrogens with zero attached hydrogens (tertiary/aromatic N) is 7. The third kappa shape index (κ3) is 4.90. The van der Waals surface area contributed by atoms with Crippen LogP contribution in [0.4, 0.5) is 4.39 Å². The average molecular weight is 528 g/mol. The Morgan fingerprint density at radius 3 is 2.23 bits per heavy atom. The molecule has 12 nitrogen and oxygen atoms in total. The van der Waals surface area contributed by atoms with Gasteiger partial charge in [-0.2, -0.15) is 9.97 Å². The number of methoxy groups -OCH3 is 3. The molecule has 0 spiro atoms. The summed E-state index contributed by atoms with van der Waals surface area (Å²) in [5.74, 6) is -0.530. The highest BCUT2D eigenvalue weighted by Gasteiger charge is 2.45. The summed E-state index contributed by atoms with van der Waals surface area (Å²) in [5.41, 5.74) is 0.179. The molecule has 35 heavy (non-hydrogen) atoms. The number of halogens is 2. The Hall–Kier alpha value is -2.97. The first-order chi connectivity index (χ1) is 16.7. The SMILES string of the molecule is COc1ncnc(OC)c1-n1c(CS(=O)(=O)[C@@H](C)[C@H](OC)c2ncc(Cl)cn2)nnc1[C@@H]1C[C@H]1F. The van der Waals surface area contributed by atoms with Gasteiger partial charge in [-0.1, -0.05) is 11.6 Å². The van der Waals surface area contributed by atoms with Crippen molar-refractivity contribution in [3.05, 3.63) is 41.2 Å². The van der Waals surface area contributed by atoms with Crippen molar-refractivity contribution in [3.8, 4) is 17.4 Å². The van der Waals surface area contributed by atoms with Crippen LogP contribution in [0.2, 0.25) is 5.02 Å². The summed E-state index contributed by atoms with van der Waals surface area (Å²) in [5, 5.41) is 7.42. The maximum atomic E-state index is 14.0. The monoisotopic (exact) mass is 527 g/mol. The van der Waals surface area contributed by atoms with Gasteiger partial charge in [0.15, 0.2) is 27.2 Å². The van der Waals surface area contributed by atoms with Gasteiger partial charge in [-0.15, -0.1) is 10.2 Å². The standard InChI is InChI=1S/C20H23ClFN7O5S/c1-10(16(32-2)17-23-6-11(21)7-24-17)35(30,31)8-14-27-28-18(12-5-13(12)22)29(14)15-19(33-3)25-9-26-20(15)34-4/h6-7,9-10,12-13,16H,5,8H2,1-4H3/t10-,12+,13+,16-/m0/s1. The molecular weight excluding hydrogens is 505 g/mol. The lowest BCUT2D eigenvalue weighted by Gasteiger charge is -2.22. The average Bonchev–Trinajstić information content (AvgIpc) is 3.44. The van der Waals surface area contributed by atoms with Gasteiger partial charge in [0.2, 0.25) is 11.8 Å². The van der Waals surface area contributed by atoms with Gasteiger partial charge in [0.1, 0.15) is 30.2 Å². The summed E-state index contributed by atoms with van der Waals surface area (Å²) in [4.78, 5) is 16.3. The van der Waals surface area contributed by atoms with E-state index in [9.17, 15) is 12.8 Å². The summed E-state index contributed by atoms with van der Waals surface area (Å²) in [6.07, 6.45) is 2.08. The first-order valence-electron chi connectivity index (χ1n) is 10.4. The van der Waals surface area contributed by atoms with Crippen LogP contribution in [0.1, 0.15) is 42.8 Å². The lowest BCUT2D eigenvalue weighted by molar-refractivity contribution is 0.0948. The van der Waals surface area contributed by atoms with E-state index in [4.69, 9.17) is 25.8 Å². The van der Waals surface area contributed by atoms with Crippen molar-refractivity contribution in [2.45, 2.75) is 42.5 Å². The second-order valence-corrected chi connectivity index (χ2v) is 10.6. The fraction of sp³-hybridized carbons (Fsp3) is 0.500. The normalized spacial score (nSPS) is 19.3. The van der Waals surface area contributed by atoms with Crippen LogP contribution in [0.25, 0.3) is 5.69 Å². The van der Waals surface area contributed by atoms with E-state index in [0.29, 0.717) is 5.02 Å². The van der Waals surface area contributed by atoms with Crippen LogP contribution in [0.3, 0.4) is 0 Å².